The van der Waals surface area contributed by atoms with Crippen molar-refractivity contribution in [3.8, 4) is 0 Å². The van der Waals surface area contributed by atoms with E-state index in [4.69, 9.17) is 0 Å². The molecule has 0 aliphatic rings. The second-order valence-corrected chi connectivity index (χ2v) is 4.45. The largest absolute Gasteiger partial charge is 0.376 e. The molecule has 2 aromatic rings. The van der Waals surface area contributed by atoms with Crippen molar-refractivity contribution >= 4 is 5.69 Å². The third-order valence-electron chi connectivity index (χ3n) is 3.13. The lowest BCUT2D eigenvalue weighted by atomic mass is 10.0. The third kappa shape index (κ3) is 2.70. The van der Waals surface area contributed by atoms with Crippen LogP contribution in [0.2, 0.25) is 0 Å². The molecule has 1 nitrogen and oxygen atoms in total. The van der Waals surface area contributed by atoms with E-state index in [1.807, 2.05) is 24.3 Å². The predicted molar refractivity (Wildman–Crippen MR) is 74.2 cm³/mol. The van der Waals surface area contributed by atoms with Crippen LogP contribution in [0.5, 0.6) is 0 Å². The highest BCUT2D eigenvalue weighted by atomic mass is 19.1. The van der Waals surface area contributed by atoms with Gasteiger partial charge < -0.3 is 5.32 Å². The molecule has 0 spiro atoms. The zero-order chi connectivity index (χ0) is 13.0. The summed E-state index contributed by atoms with van der Waals surface area (Å²) < 4.78 is 14.0. The molecule has 0 radical (unpaired) electrons. The summed E-state index contributed by atoms with van der Waals surface area (Å²) in [5.74, 6) is -0.160. The minimum Gasteiger partial charge on any atom is -0.376 e. The fourth-order valence-electron chi connectivity index (χ4n) is 2.05. The van der Waals surface area contributed by atoms with Crippen molar-refractivity contribution in [3.05, 3.63) is 65.5 Å². The van der Waals surface area contributed by atoms with Gasteiger partial charge in [-0.1, -0.05) is 49.4 Å². The molecule has 0 saturated heterocycles. The number of halogens is 1. The monoisotopic (exact) mass is 243 g/mol. The highest BCUT2D eigenvalue weighted by Crippen LogP contribution is 2.25. The molecule has 1 N–H and O–H groups in total. The molecule has 2 aromatic carbocycles. The van der Waals surface area contributed by atoms with E-state index in [9.17, 15) is 4.39 Å². The van der Waals surface area contributed by atoms with E-state index in [1.54, 1.807) is 19.1 Å². The quantitative estimate of drug-likeness (QED) is 0.821. The number of anilines is 1. The molecule has 2 heteroatoms. The smallest absolute Gasteiger partial charge is 0.149 e. The molecule has 18 heavy (non-hydrogen) atoms. The number of rotatable bonds is 4. The van der Waals surface area contributed by atoms with E-state index in [0.29, 0.717) is 11.3 Å². The first-order chi connectivity index (χ1) is 8.72. The average molecular weight is 243 g/mol. The van der Waals surface area contributed by atoms with Gasteiger partial charge in [0.15, 0.2) is 0 Å². The molecule has 2 rings (SSSR count). The van der Waals surface area contributed by atoms with Crippen LogP contribution in [-0.4, -0.2) is 0 Å². The van der Waals surface area contributed by atoms with Gasteiger partial charge in [-0.15, -0.1) is 0 Å². The van der Waals surface area contributed by atoms with E-state index < -0.39 is 0 Å². The summed E-state index contributed by atoms with van der Waals surface area (Å²) >= 11 is 0. The Morgan fingerprint density at radius 3 is 2.44 bits per heavy atom. The Kier molecular flexibility index (Phi) is 3.98. The highest BCUT2D eigenvalue weighted by molar-refractivity contribution is 5.49. The summed E-state index contributed by atoms with van der Waals surface area (Å²) in [5.41, 5.74) is 2.43. The van der Waals surface area contributed by atoms with Crippen molar-refractivity contribution in [3.63, 3.8) is 0 Å². The van der Waals surface area contributed by atoms with Crippen molar-refractivity contribution < 1.29 is 4.39 Å². The van der Waals surface area contributed by atoms with Crippen molar-refractivity contribution in [1.82, 2.24) is 0 Å². The normalized spacial score (nSPS) is 12.2. The maximum absolute atomic E-state index is 14.0. The van der Waals surface area contributed by atoms with Crippen LogP contribution in [0.3, 0.4) is 0 Å². The van der Waals surface area contributed by atoms with Gasteiger partial charge >= 0.3 is 0 Å². The summed E-state index contributed by atoms with van der Waals surface area (Å²) in [7, 11) is 0. The molecule has 0 aromatic heterocycles. The van der Waals surface area contributed by atoms with Gasteiger partial charge in [-0.05, 0) is 30.5 Å². The van der Waals surface area contributed by atoms with Crippen LogP contribution in [0.4, 0.5) is 10.1 Å². The lowest BCUT2D eigenvalue weighted by molar-refractivity contribution is 0.615. The van der Waals surface area contributed by atoms with E-state index in [-0.39, 0.29) is 11.9 Å². The summed E-state index contributed by atoms with van der Waals surface area (Å²) in [6, 6.07) is 15.7. The van der Waals surface area contributed by atoms with Gasteiger partial charge in [0, 0.05) is 0 Å². The molecule has 0 amide bonds. The summed E-state index contributed by atoms with van der Waals surface area (Å²) in [6.07, 6.45) is 0.914. The van der Waals surface area contributed by atoms with Crippen LogP contribution in [-0.2, 0) is 0 Å². The topological polar surface area (TPSA) is 12.0 Å². The number of hydrogen-bond donors (Lipinski definition) is 1. The van der Waals surface area contributed by atoms with Crippen LogP contribution in [0.15, 0.2) is 48.5 Å². The van der Waals surface area contributed by atoms with Gasteiger partial charge in [-0.3, -0.25) is 0 Å². The SMILES string of the molecule is CCC(Nc1cccc(C)c1F)c1ccccc1. The fraction of sp³-hybridized carbons (Fsp3) is 0.250. The van der Waals surface area contributed by atoms with E-state index >= 15 is 0 Å². The minimum atomic E-state index is -0.160. The number of aryl methyl sites for hydroxylation is 1. The van der Waals surface area contributed by atoms with Crippen LogP contribution < -0.4 is 5.32 Å². The Bertz CT molecular complexity index is 508. The minimum absolute atomic E-state index is 0.141. The van der Waals surface area contributed by atoms with Crippen molar-refractivity contribution in [2.45, 2.75) is 26.3 Å². The predicted octanol–water partition coefficient (Wildman–Crippen LogP) is 4.70. The van der Waals surface area contributed by atoms with Gasteiger partial charge in [0.25, 0.3) is 0 Å². The van der Waals surface area contributed by atoms with E-state index in [2.05, 4.69) is 24.4 Å². The van der Waals surface area contributed by atoms with E-state index in [1.165, 1.54) is 5.56 Å². The van der Waals surface area contributed by atoms with Crippen LogP contribution in [0.25, 0.3) is 0 Å². The van der Waals surface area contributed by atoms with Gasteiger partial charge in [-0.2, -0.15) is 0 Å². The van der Waals surface area contributed by atoms with Crippen LogP contribution >= 0.6 is 0 Å². The van der Waals surface area contributed by atoms with Crippen molar-refractivity contribution in [2.24, 2.45) is 0 Å². The Morgan fingerprint density at radius 2 is 1.78 bits per heavy atom. The molecule has 1 unspecified atom stereocenters. The Morgan fingerprint density at radius 1 is 1.06 bits per heavy atom. The van der Waals surface area contributed by atoms with Crippen molar-refractivity contribution in [1.29, 1.82) is 0 Å². The second-order valence-electron chi connectivity index (χ2n) is 4.45. The molecule has 0 aliphatic carbocycles. The Labute approximate surface area is 108 Å². The number of benzene rings is 2. The second kappa shape index (κ2) is 5.67. The van der Waals surface area contributed by atoms with E-state index in [0.717, 1.165) is 6.42 Å². The van der Waals surface area contributed by atoms with Crippen LogP contribution in [0.1, 0.15) is 30.5 Å². The summed E-state index contributed by atoms with van der Waals surface area (Å²) in [4.78, 5) is 0. The Hall–Kier alpha value is -1.83. The maximum Gasteiger partial charge on any atom is 0.149 e. The van der Waals surface area contributed by atoms with Crippen molar-refractivity contribution in [2.75, 3.05) is 5.32 Å². The van der Waals surface area contributed by atoms with Gasteiger partial charge in [0.05, 0.1) is 11.7 Å². The first-order valence-corrected chi connectivity index (χ1v) is 6.29. The van der Waals surface area contributed by atoms with Gasteiger partial charge in [0.2, 0.25) is 0 Å². The first-order valence-electron chi connectivity index (χ1n) is 6.29. The summed E-state index contributed by atoms with van der Waals surface area (Å²) in [5, 5.41) is 3.28. The lowest BCUT2D eigenvalue weighted by Gasteiger charge is -2.19. The number of nitrogens with one attached hydrogen (secondary N) is 1. The standard InChI is InChI=1S/C16H18FN/c1-3-14(13-9-5-4-6-10-13)18-15-11-7-8-12(2)16(15)17/h4-11,14,18H,3H2,1-2H3. The molecule has 0 fully saturated rings. The molecule has 1 atom stereocenters. The van der Waals surface area contributed by atoms with Crippen LogP contribution in [0, 0.1) is 12.7 Å². The zero-order valence-electron chi connectivity index (χ0n) is 10.8. The summed E-state index contributed by atoms with van der Waals surface area (Å²) in [6.45, 7) is 3.88. The Balaban J connectivity index is 2.24. The zero-order valence-corrected chi connectivity index (χ0v) is 10.8. The molecule has 0 bridgehead atoms. The molecular formula is C16H18FN. The third-order valence-corrected chi connectivity index (χ3v) is 3.13. The highest BCUT2D eigenvalue weighted by Gasteiger charge is 2.11. The first kappa shape index (κ1) is 12.6. The fourth-order valence-corrected chi connectivity index (χ4v) is 2.05. The molecule has 94 valence electrons. The number of hydrogen-bond acceptors (Lipinski definition) is 1. The lowest BCUT2D eigenvalue weighted by Crippen LogP contribution is -2.11. The molecule has 0 heterocycles. The van der Waals surface area contributed by atoms with Gasteiger partial charge in [-0.25, -0.2) is 4.39 Å². The average Bonchev–Trinajstić information content (AvgIpc) is 2.41. The molecule has 0 saturated carbocycles. The molecular weight excluding hydrogens is 225 g/mol. The molecule has 0 aliphatic heterocycles. The van der Waals surface area contributed by atoms with Gasteiger partial charge in [0.1, 0.15) is 5.82 Å². The maximum atomic E-state index is 14.0.